The second kappa shape index (κ2) is 4.58. The third-order valence-corrected chi connectivity index (χ3v) is 1.84. The Hall–Kier alpha value is -1.41. The van der Waals surface area contributed by atoms with Crippen molar-refractivity contribution in [1.82, 2.24) is 0 Å². The molecule has 66 valence electrons. The number of halogens is 1. The molecule has 1 aromatic rings. The number of carbonyl (C=O) groups is 2. The third kappa shape index (κ3) is 2.53. The fourth-order valence-corrected chi connectivity index (χ4v) is 1.06. The Bertz CT molecular complexity index is 346. The lowest BCUT2D eigenvalue weighted by Gasteiger charge is -1.95. The van der Waals surface area contributed by atoms with E-state index < -0.39 is 0 Å². The molecule has 0 saturated carbocycles. The lowest BCUT2D eigenvalue weighted by Crippen LogP contribution is -1.85. The summed E-state index contributed by atoms with van der Waals surface area (Å²) in [5.41, 5.74) is 0.742. The summed E-state index contributed by atoms with van der Waals surface area (Å²) in [4.78, 5) is 20.6. The first kappa shape index (κ1) is 9.68. The molecule has 0 aliphatic carbocycles. The van der Waals surface area contributed by atoms with Gasteiger partial charge in [-0.15, -0.1) is 0 Å². The van der Waals surface area contributed by atoms with E-state index in [1.54, 1.807) is 24.3 Å². The molecule has 1 aromatic carbocycles. The van der Waals surface area contributed by atoms with E-state index in [0.29, 0.717) is 23.2 Å². The Balaban J connectivity index is 3.09. The molecule has 0 unspecified atom stereocenters. The van der Waals surface area contributed by atoms with Gasteiger partial charge in [-0.3, -0.25) is 9.59 Å². The number of carbonyl (C=O) groups excluding carboxylic acids is 2. The number of rotatable bonds is 3. The quantitative estimate of drug-likeness (QED) is 0.320. The molecule has 0 aromatic heterocycles. The summed E-state index contributed by atoms with van der Waals surface area (Å²) in [7, 11) is 0. The zero-order valence-corrected chi connectivity index (χ0v) is 7.49. The van der Waals surface area contributed by atoms with Gasteiger partial charge in [-0.2, -0.15) is 0 Å². The van der Waals surface area contributed by atoms with Gasteiger partial charge >= 0.3 is 0 Å². The van der Waals surface area contributed by atoms with Gasteiger partial charge in [0.2, 0.25) is 0 Å². The minimum absolute atomic E-state index is 0.0769. The Morgan fingerprint density at radius 2 is 1.77 bits per heavy atom. The van der Waals surface area contributed by atoms with Gasteiger partial charge in [-0.25, -0.2) is 0 Å². The molecule has 0 saturated heterocycles. The molecule has 0 amide bonds. The van der Waals surface area contributed by atoms with Crippen molar-refractivity contribution >= 4 is 30.2 Å². The molecule has 0 spiro atoms. The molecule has 1 rings (SSSR count). The second-order valence-electron chi connectivity index (χ2n) is 2.40. The average Bonchev–Trinajstić information content (AvgIpc) is 2.17. The van der Waals surface area contributed by atoms with E-state index >= 15 is 0 Å². The highest BCUT2D eigenvalue weighted by molar-refractivity contribution is 6.32. The predicted octanol–water partition coefficient (Wildman–Crippen LogP) is 2.12. The highest BCUT2D eigenvalue weighted by Gasteiger charge is 1.97. The van der Waals surface area contributed by atoms with Gasteiger partial charge in [-0.1, -0.05) is 29.8 Å². The van der Waals surface area contributed by atoms with Gasteiger partial charge < -0.3 is 0 Å². The number of benzene rings is 1. The zero-order valence-electron chi connectivity index (χ0n) is 6.74. The highest BCUT2D eigenvalue weighted by atomic mass is 35.5. The maximum absolute atomic E-state index is 10.3. The number of aldehydes is 2. The molecule has 0 atom stereocenters. The zero-order chi connectivity index (χ0) is 9.68. The van der Waals surface area contributed by atoms with Crippen LogP contribution in [0.2, 0.25) is 5.02 Å². The average molecular weight is 195 g/mol. The smallest absolute Gasteiger partial charge is 0.153 e. The van der Waals surface area contributed by atoms with Crippen LogP contribution in [0.4, 0.5) is 0 Å². The van der Waals surface area contributed by atoms with E-state index in [-0.39, 0.29) is 5.57 Å². The van der Waals surface area contributed by atoms with Gasteiger partial charge in [0.1, 0.15) is 0 Å². The maximum atomic E-state index is 10.3. The second-order valence-corrected chi connectivity index (χ2v) is 2.81. The van der Waals surface area contributed by atoms with E-state index in [1.807, 2.05) is 0 Å². The van der Waals surface area contributed by atoms with Gasteiger partial charge in [0.25, 0.3) is 0 Å². The maximum Gasteiger partial charge on any atom is 0.153 e. The lowest BCUT2D eigenvalue weighted by molar-refractivity contribution is -0.109. The van der Waals surface area contributed by atoms with Gasteiger partial charge in [0.15, 0.2) is 12.6 Å². The normalized spacial score (nSPS) is 9.00. The van der Waals surface area contributed by atoms with E-state index in [0.717, 1.165) is 0 Å². The molecule has 0 fully saturated rings. The lowest BCUT2D eigenvalue weighted by atomic mass is 10.1. The van der Waals surface area contributed by atoms with Crippen LogP contribution in [0.25, 0.3) is 6.08 Å². The van der Waals surface area contributed by atoms with Gasteiger partial charge in [0.05, 0.1) is 5.57 Å². The fraction of sp³-hybridized carbons (Fsp3) is 0. The number of hydrogen-bond acceptors (Lipinski definition) is 2. The van der Waals surface area contributed by atoms with Crippen molar-refractivity contribution in [3.8, 4) is 0 Å². The minimum atomic E-state index is 0.0769. The molecule has 0 bridgehead atoms. The van der Waals surface area contributed by atoms with Crippen LogP contribution in [0, 0.1) is 0 Å². The van der Waals surface area contributed by atoms with Crippen LogP contribution in [0.3, 0.4) is 0 Å². The first-order valence-electron chi connectivity index (χ1n) is 3.64. The predicted molar refractivity (Wildman–Crippen MR) is 51.6 cm³/mol. The standard InChI is InChI=1S/C10H7ClO2/c11-10-4-2-1-3-9(10)5-8(6-12)7-13/h1-7H. The Morgan fingerprint density at radius 3 is 2.31 bits per heavy atom. The van der Waals surface area contributed by atoms with E-state index in [4.69, 9.17) is 11.6 Å². The van der Waals surface area contributed by atoms with Crippen molar-refractivity contribution in [1.29, 1.82) is 0 Å². The molecule has 0 heterocycles. The van der Waals surface area contributed by atoms with Crippen LogP contribution in [-0.2, 0) is 9.59 Å². The first-order chi connectivity index (χ1) is 6.27. The summed E-state index contributed by atoms with van der Waals surface area (Å²) in [5.74, 6) is 0. The molecular formula is C10H7ClO2. The van der Waals surface area contributed by atoms with Crippen LogP contribution in [-0.4, -0.2) is 12.6 Å². The van der Waals surface area contributed by atoms with Crippen molar-refractivity contribution in [2.75, 3.05) is 0 Å². The molecule has 2 nitrogen and oxygen atoms in total. The molecule has 0 N–H and O–H groups in total. The SMILES string of the molecule is O=CC(C=O)=Cc1ccccc1Cl. The summed E-state index contributed by atoms with van der Waals surface area (Å²) in [5, 5.41) is 0.517. The summed E-state index contributed by atoms with van der Waals surface area (Å²) < 4.78 is 0. The van der Waals surface area contributed by atoms with Crippen molar-refractivity contribution in [2.24, 2.45) is 0 Å². The monoisotopic (exact) mass is 194 g/mol. The summed E-state index contributed by atoms with van der Waals surface area (Å²) in [6.07, 6.45) is 2.44. The minimum Gasteiger partial charge on any atom is -0.298 e. The van der Waals surface area contributed by atoms with Crippen LogP contribution in [0.15, 0.2) is 29.8 Å². The fourth-order valence-electron chi connectivity index (χ4n) is 0.868. The summed E-state index contributed by atoms with van der Waals surface area (Å²) in [6, 6.07) is 6.99. The Morgan fingerprint density at radius 1 is 1.15 bits per heavy atom. The Kier molecular flexibility index (Phi) is 3.41. The van der Waals surface area contributed by atoms with Gasteiger partial charge in [0, 0.05) is 5.02 Å². The first-order valence-corrected chi connectivity index (χ1v) is 4.02. The van der Waals surface area contributed by atoms with E-state index in [9.17, 15) is 9.59 Å². The van der Waals surface area contributed by atoms with Crippen LogP contribution in [0.1, 0.15) is 5.56 Å². The molecule has 0 aliphatic rings. The van der Waals surface area contributed by atoms with E-state index in [2.05, 4.69) is 0 Å². The van der Waals surface area contributed by atoms with Crippen LogP contribution < -0.4 is 0 Å². The van der Waals surface area contributed by atoms with Crippen molar-refractivity contribution < 1.29 is 9.59 Å². The summed E-state index contributed by atoms with van der Waals surface area (Å²) in [6.45, 7) is 0. The van der Waals surface area contributed by atoms with E-state index in [1.165, 1.54) is 6.08 Å². The highest BCUT2D eigenvalue weighted by Crippen LogP contribution is 2.17. The van der Waals surface area contributed by atoms with Gasteiger partial charge in [-0.05, 0) is 17.7 Å². The topological polar surface area (TPSA) is 34.1 Å². The Labute approximate surface area is 80.8 Å². The third-order valence-electron chi connectivity index (χ3n) is 1.50. The van der Waals surface area contributed by atoms with Crippen LogP contribution >= 0.6 is 11.6 Å². The molecule has 0 radical (unpaired) electrons. The van der Waals surface area contributed by atoms with Crippen molar-refractivity contribution in [3.05, 3.63) is 40.4 Å². The largest absolute Gasteiger partial charge is 0.298 e. The van der Waals surface area contributed by atoms with Crippen molar-refractivity contribution in [3.63, 3.8) is 0 Å². The molecule has 0 aliphatic heterocycles. The van der Waals surface area contributed by atoms with Crippen LogP contribution in [0.5, 0.6) is 0 Å². The molecular weight excluding hydrogens is 188 g/mol. The molecule has 3 heteroatoms. The molecule has 13 heavy (non-hydrogen) atoms. The number of allylic oxidation sites excluding steroid dienone is 1. The summed E-state index contributed by atoms with van der Waals surface area (Å²) >= 11 is 5.81. The van der Waals surface area contributed by atoms with Crippen molar-refractivity contribution in [2.45, 2.75) is 0 Å². The number of hydrogen-bond donors (Lipinski definition) is 0.